The number of benzene rings is 3. The van der Waals surface area contributed by atoms with Crippen molar-refractivity contribution in [2.45, 2.75) is 24.9 Å². The van der Waals surface area contributed by atoms with Crippen LogP contribution in [0.4, 0.5) is 22.7 Å². The van der Waals surface area contributed by atoms with Gasteiger partial charge < -0.3 is 9.84 Å². The molecule has 0 spiro atoms. The van der Waals surface area contributed by atoms with E-state index in [0.29, 0.717) is 31.9 Å². The number of hydrogen-bond donors (Lipinski definition) is 1. The summed E-state index contributed by atoms with van der Waals surface area (Å²) >= 11 is 0. The maximum atomic E-state index is 12.1. The second-order valence-electron chi connectivity index (χ2n) is 9.43. The van der Waals surface area contributed by atoms with E-state index in [4.69, 9.17) is 4.74 Å². The van der Waals surface area contributed by atoms with Crippen LogP contribution in [0.5, 0.6) is 0 Å². The summed E-state index contributed by atoms with van der Waals surface area (Å²) < 4.78 is 5.56. The van der Waals surface area contributed by atoms with Gasteiger partial charge in [-0.3, -0.25) is 40.3 Å². The monoisotopic (exact) mass is 550 g/mol. The summed E-state index contributed by atoms with van der Waals surface area (Å²) in [6.45, 7) is 1.83. The average Bonchev–Trinajstić information content (AvgIpc) is 3.30. The molecule has 14 heteroatoms. The van der Waals surface area contributed by atoms with Gasteiger partial charge in [0.1, 0.15) is 18.1 Å². The summed E-state index contributed by atoms with van der Waals surface area (Å²) in [5, 5.41) is 49.6. The number of hydrazine groups is 1. The Morgan fingerprint density at radius 3 is 2.05 bits per heavy atom. The van der Waals surface area contributed by atoms with E-state index in [2.05, 4.69) is 4.90 Å². The zero-order valence-electron chi connectivity index (χ0n) is 21.2. The Balaban J connectivity index is 1.71. The number of non-ortho nitro benzene ring substituents is 2. The number of rotatable bonds is 8. The van der Waals surface area contributed by atoms with Crippen LogP contribution in [0.2, 0.25) is 0 Å². The summed E-state index contributed by atoms with van der Waals surface area (Å²) in [5.74, 6) is 0. The molecule has 0 aliphatic carbocycles. The first kappa shape index (κ1) is 27.1. The van der Waals surface area contributed by atoms with Gasteiger partial charge in [0.15, 0.2) is 0 Å². The highest BCUT2D eigenvalue weighted by Gasteiger charge is 2.47. The van der Waals surface area contributed by atoms with Crippen molar-refractivity contribution in [1.82, 2.24) is 9.91 Å². The lowest BCUT2D eigenvalue weighted by Crippen LogP contribution is -2.52. The molecule has 5 rings (SSSR count). The van der Waals surface area contributed by atoms with E-state index in [1.807, 2.05) is 35.3 Å². The van der Waals surface area contributed by atoms with Crippen LogP contribution in [0.3, 0.4) is 0 Å². The van der Waals surface area contributed by atoms with Gasteiger partial charge in [-0.1, -0.05) is 30.3 Å². The second kappa shape index (κ2) is 11.3. The average molecular weight is 551 g/mol. The van der Waals surface area contributed by atoms with Gasteiger partial charge in [-0.2, -0.15) is 5.01 Å². The third kappa shape index (κ3) is 5.20. The Labute approximate surface area is 228 Å². The highest BCUT2D eigenvalue weighted by molar-refractivity contribution is 5.67. The van der Waals surface area contributed by atoms with Crippen LogP contribution >= 0.6 is 0 Å². The molecule has 3 atom stereocenters. The van der Waals surface area contributed by atoms with E-state index in [1.165, 1.54) is 29.3 Å². The third-order valence-corrected chi connectivity index (χ3v) is 7.13. The Hall–Kier alpha value is -4.50. The fourth-order valence-electron chi connectivity index (χ4n) is 5.34. The number of aliphatic hydroxyl groups excluding tert-OH is 1. The van der Waals surface area contributed by atoms with Crippen molar-refractivity contribution in [3.05, 3.63) is 114 Å². The summed E-state index contributed by atoms with van der Waals surface area (Å²) in [4.78, 5) is 35.0. The molecule has 2 heterocycles. The molecule has 14 nitrogen and oxygen atoms in total. The highest BCUT2D eigenvalue weighted by Crippen LogP contribution is 2.48. The van der Waals surface area contributed by atoms with Gasteiger partial charge >= 0.3 is 5.69 Å². The van der Waals surface area contributed by atoms with Crippen molar-refractivity contribution in [3.8, 4) is 0 Å². The summed E-state index contributed by atoms with van der Waals surface area (Å²) in [6.07, 6.45) is -1.67. The van der Waals surface area contributed by atoms with E-state index in [9.17, 15) is 35.4 Å². The van der Waals surface area contributed by atoms with Gasteiger partial charge in [-0.25, -0.2) is 0 Å². The number of anilines is 1. The molecular formula is C26H26N6O8. The van der Waals surface area contributed by atoms with Crippen molar-refractivity contribution in [3.63, 3.8) is 0 Å². The van der Waals surface area contributed by atoms with Crippen molar-refractivity contribution in [2.75, 3.05) is 31.3 Å². The van der Waals surface area contributed by atoms with E-state index in [0.717, 1.165) is 11.6 Å². The Morgan fingerprint density at radius 1 is 0.825 bits per heavy atom. The third-order valence-electron chi connectivity index (χ3n) is 7.13. The maximum Gasteiger partial charge on any atom is 0.300 e. The molecular weight excluding hydrogens is 524 g/mol. The molecule has 1 N–H and O–H groups in total. The van der Waals surface area contributed by atoms with Crippen LogP contribution in [0.1, 0.15) is 29.8 Å². The number of ether oxygens (including phenoxy) is 1. The van der Waals surface area contributed by atoms with Gasteiger partial charge in [0.05, 0.1) is 40.1 Å². The Kier molecular flexibility index (Phi) is 7.66. The fraction of sp³-hybridized carbons (Fsp3) is 0.308. The van der Waals surface area contributed by atoms with Crippen LogP contribution < -0.4 is 5.01 Å². The number of nitrogens with zero attached hydrogens (tertiary/aromatic N) is 6. The van der Waals surface area contributed by atoms with Gasteiger partial charge in [0.2, 0.25) is 0 Å². The summed E-state index contributed by atoms with van der Waals surface area (Å²) in [7, 11) is 0. The van der Waals surface area contributed by atoms with Crippen molar-refractivity contribution < 1.29 is 24.6 Å². The highest BCUT2D eigenvalue weighted by atomic mass is 16.6. The predicted molar refractivity (Wildman–Crippen MR) is 142 cm³/mol. The van der Waals surface area contributed by atoms with Crippen LogP contribution in [-0.2, 0) is 4.74 Å². The smallest absolute Gasteiger partial charge is 0.300 e. The molecule has 40 heavy (non-hydrogen) atoms. The van der Waals surface area contributed by atoms with Crippen LogP contribution in [-0.4, -0.2) is 62.3 Å². The molecule has 0 aromatic heterocycles. The largest absolute Gasteiger partial charge is 0.379 e. The zero-order chi connectivity index (χ0) is 28.4. The number of hydrogen-bond acceptors (Lipinski definition) is 11. The molecule has 3 aromatic carbocycles. The molecule has 0 saturated carbocycles. The minimum atomic E-state index is -1.22. The van der Waals surface area contributed by atoms with Gasteiger partial charge in [0, 0.05) is 37.7 Å². The van der Waals surface area contributed by atoms with Crippen molar-refractivity contribution in [2.24, 2.45) is 0 Å². The number of aliphatic hydroxyl groups is 1. The molecule has 2 aliphatic heterocycles. The molecule has 0 radical (unpaired) electrons. The molecule has 0 bridgehead atoms. The first-order valence-corrected chi connectivity index (χ1v) is 12.6. The lowest BCUT2D eigenvalue weighted by atomic mass is 10.0. The molecule has 0 amide bonds. The van der Waals surface area contributed by atoms with Crippen LogP contribution in [0.25, 0.3) is 0 Å². The van der Waals surface area contributed by atoms with Gasteiger partial charge in [-0.05, 0) is 29.3 Å². The molecule has 2 saturated heterocycles. The van der Waals surface area contributed by atoms with E-state index >= 15 is 0 Å². The van der Waals surface area contributed by atoms with E-state index in [1.54, 1.807) is 12.1 Å². The maximum absolute atomic E-state index is 12.1. The predicted octanol–water partition coefficient (Wildman–Crippen LogP) is 3.93. The SMILES string of the molecule is O=[N+]([O-])c1ccc(C(N2CCOCC2)N2C(c3ccccc3)CC(O)N2c2ccc([N+](=O)[O-])cc2[N+](=O)[O-])cc1. The first-order valence-electron chi connectivity index (χ1n) is 12.6. The van der Waals surface area contributed by atoms with Crippen molar-refractivity contribution in [1.29, 1.82) is 0 Å². The molecule has 3 aromatic rings. The number of nitro groups is 3. The van der Waals surface area contributed by atoms with Crippen LogP contribution in [0, 0.1) is 30.3 Å². The molecule has 2 aliphatic rings. The number of nitro benzene ring substituents is 3. The van der Waals surface area contributed by atoms with Crippen molar-refractivity contribution >= 4 is 22.7 Å². The second-order valence-corrected chi connectivity index (χ2v) is 9.43. The zero-order valence-corrected chi connectivity index (χ0v) is 21.2. The van der Waals surface area contributed by atoms with E-state index < -0.39 is 44.6 Å². The summed E-state index contributed by atoms with van der Waals surface area (Å²) in [5.41, 5.74) is 0.424. The molecule has 2 fully saturated rings. The summed E-state index contributed by atoms with van der Waals surface area (Å²) in [6, 6.07) is 18.3. The van der Waals surface area contributed by atoms with Crippen LogP contribution in [0.15, 0.2) is 72.8 Å². The first-order chi connectivity index (χ1) is 19.3. The topological polar surface area (TPSA) is 169 Å². The lowest BCUT2D eigenvalue weighted by Gasteiger charge is -2.46. The minimum absolute atomic E-state index is 0.0123. The molecule has 3 unspecified atom stereocenters. The van der Waals surface area contributed by atoms with Gasteiger partial charge in [-0.15, -0.1) is 0 Å². The van der Waals surface area contributed by atoms with Gasteiger partial charge in [0.25, 0.3) is 11.4 Å². The standard InChI is InChI=1S/C26H26N6O8/c33-25-17-23(18-4-2-1-3-5-18)29(28(25)22-11-10-21(31(36)37)16-24(22)32(38)39)26(27-12-14-40-15-13-27)19-6-8-20(9-7-19)30(34)35/h1-11,16,23,25-26,33H,12-15,17H2. The normalized spacial score (nSPS) is 20.8. The van der Waals surface area contributed by atoms with E-state index in [-0.39, 0.29) is 17.8 Å². The Bertz CT molecular complexity index is 1400. The minimum Gasteiger partial charge on any atom is -0.379 e. The quantitative estimate of drug-likeness (QED) is 0.318. The number of morpholine rings is 1. The molecule has 208 valence electrons. The lowest BCUT2D eigenvalue weighted by molar-refractivity contribution is -0.393. The fourth-order valence-corrected chi connectivity index (χ4v) is 5.34. The Morgan fingerprint density at radius 2 is 1.45 bits per heavy atom.